The van der Waals surface area contributed by atoms with Gasteiger partial charge in [0.25, 0.3) is 0 Å². The number of methoxy groups -OCH3 is 1. The molecule has 0 radical (unpaired) electrons. The van der Waals surface area contributed by atoms with Crippen molar-refractivity contribution in [3.8, 4) is 0 Å². The minimum atomic E-state index is -0.591. The van der Waals surface area contributed by atoms with Gasteiger partial charge in [-0.25, -0.2) is 0 Å². The molecular weight excluding hydrogens is 186 g/mol. The molecule has 0 saturated carbocycles. The van der Waals surface area contributed by atoms with Crippen LogP contribution in [0.5, 0.6) is 0 Å². The maximum Gasteiger partial charge on any atom is 0.242 e. The van der Waals surface area contributed by atoms with E-state index < -0.39 is 6.04 Å². The highest BCUT2D eigenvalue weighted by atomic mass is 16.5. The van der Waals surface area contributed by atoms with Gasteiger partial charge in [0.05, 0.1) is 6.04 Å². The summed E-state index contributed by atoms with van der Waals surface area (Å²) in [4.78, 5) is 11.3. The smallest absolute Gasteiger partial charge is 0.242 e. The predicted octanol–water partition coefficient (Wildman–Crippen LogP) is -0.0231. The van der Waals surface area contributed by atoms with Crippen molar-refractivity contribution in [2.24, 2.45) is 5.73 Å². The fourth-order valence-corrected chi connectivity index (χ4v) is 0.872. The first-order valence-electron chi connectivity index (χ1n) is 4.20. The highest BCUT2D eigenvalue weighted by Gasteiger charge is 2.13. The van der Waals surface area contributed by atoms with Crippen LogP contribution in [-0.2, 0) is 9.53 Å². The molecule has 1 aromatic rings. The fourth-order valence-electron chi connectivity index (χ4n) is 0.872. The topological polar surface area (TPSA) is 90.4 Å². The summed E-state index contributed by atoms with van der Waals surface area (Å²) in [5, 5.41) is 6.03. The molecule has 0 fully saturated rings. The van der Waals surface area contributed by atoms with Crippen molar-refractivity contribution in [3.63, 3.8) is 0 Å². The minimum absolute atomic E-state index is 0.295. The Morgan fingerprint density at radius 1 is 1.86 bits per heavy atom. The first-order chi connectivity index (χ1) is 6.74. The lowest BCUT2D eigenvalue weighted by Crippen LogP contribution is -2.36. The van der Waals surface area contributed by atoms with Crippen molar-refractivity contribution in [1.82, 2.24) is 5.16 Å². The number of nitrogens with two attached hydrogens (primary N) is 1. The summed E-state index contributed by atoms with van der Waals surface area (Å²) in [6.45, 7) is 0.452. The molecule has 1 heterocycles. The summed E-state index contributed by atoms with van der Waals surface area (Å²) in [5.74, 6) is 0.0683. The van der Waals surface area contributed by atoms with Gasteiger partial charge in [0, 0.05) is 19.8 Å². The standard InChI is InChI=1S/C8H13N3O3/c1-13-4-2-6(9)8(12)10-7-3-5-14-11-7/h3,5-6H,2,4,9H2,1H3,(H,10,11,12). The SMILES string of the molecule is COCCC(N)C(=O)Nc1ccon1. The van der Waals surface area contributed by atoms with Crippen LogP contribution < -0.4 is 11.1 Å². The molecule has 78 valence electrons. The minimum Gasteiger partial charge on any atom is -0.385 e. The van der Waals surface area contributed by atoms with Crippen molar-refractivity contribution in [2.75, 3.05) is 19.0 Å². The number of carbonyl (C=O) groups is 1. The van der Waals surface area contributed by atoms with Crippen LogP contribution >= 0.6 is 0 Å². The Morgan fingerprint density at radius 2 is 2.64 bits per heavy atom. The number of aromatic nitrogens is 1. The zero-order valence-electron chi connectivity index (χ0n) is 7.90. The molecule has 1 unspecified atom stereocenters. The zero-order valence-corrected chi connectivity index (χ0v) is 7.90. The lowest BCUT2D eigenvalue weighted by Gasteiger charge is -2.09. The molecule has 0 aliphatic rings. The van der Waals surface area contributed by atoms with E-state index in [1.807, 2.05) is 0 Å². The summed E-state index contributed by atoms with van der Waals surface area (Å²) in [6.07, 6.45) is 1.84. The van der Waals surface area contributed by atoms with Gasteiger partial charge in [0.2, 0.25) is 5.91 Å². The molecule has 0 aromatic carbocycles. The molecule has 0 spiro atoms. The van der Waals surface area contributed by atoms with E-state index in [0.717, 1.165) is 0 Å². The number of hydrogen-bond donors (Lipinski definition) is 2. The van der Waals surface area contributed by atoms with Crippen LogP contribution in [0.25, 0.3) is 0 Å². The first kappa shape index (κ1) is 10.7. The molecule has 3 N–H and O–H groups in total. The molecule has 0 saturated heterocycles. The van der Waals surface area contributed by atoms with Gasteiger partial charge >= 0.3 is 0 Å². The fraction of sp³-hybridized carbons (Fsp3) is 0.500. The molecule has 1 rings (SSSR count). The Hall–Kier alpha value is -1.40. The number of anilines is 1. The molecule has 1 aromatic heterocycles. The van der Waals surface area contributed by atoms with Crippen molar-refractivity contribution >= 4 is 11.7 Å². The summed E-state index contributed by atoms with van der Waals surface area (Å²) in [7, 11) is 1.56. The Morgan fingerprint density at radius 3 is 3.21 bits per heavy atom. The number of carbonyl (C=O) groups excluding carboxylic acids is 1. The largest absolute Gasteiger partial charge is 0.385 e. The number of nitrogens with one attached hydrogen (secondary N) is 1. The van der Waals surface area contributed by atoms with E-state index in [2.05, 4.69) is 15.0 Å². The Bertz CT molecular complexity index is 273. The second-order valence-electron chi connectivity index (χ2n) is 2.76. The van der Waals surface area contributed by atoms with E-state index in [0.29, 0.717) is 18.8 Å². The number of rotatable bonds is 5. The highest BCUT2D eigenvalue weighted by Crippen LogP contribution is 2.02. The maximum atomic E-state index is 11.3. The third-order valence-electron chi connectivity index (χ3n) is 1.66. The van der Waals surface area contributed by atoms with Crippen LogP contribution in [-0.4, -0.2) is 30.8 Å². The van der Waals surface area contributed by atoms with Crippen LogP contribution in [0.2, 0.25) is 0 Å². The summed E-state index contributed by atoms with van der Waals surface area (Å²) < 4.78 is 9.35. The van der Waals surface area contributed by atoms with Crippen LogP contribution in [0, 0.1) is 0 Å². The average molecular weight is 199 g/mol. The van der Waals surface area contributed by atoms with E-state index >= 15 is 0 Å². The lowest BCUT2D eigenvalue weighted by atomic mass is 10.2. The van der Waals surface area contributed by atoms with Crippen molar-refractivity contribution in [1.29, 1.82) is 0 Å². The molecule has 0 bridgehead atoms. The van der Waals surface area contributed by atoms with E-state index in [1.54, 1.807) is 13.2 Å². The van der Waals surface area contributed by atoms with E-state index in [9.17, 15) is 4.79 Å². The summed E-state index contributed by atoms with van der Waals surface area (Å²) in [5.41, 5.74) is 5.57. The molecule has 6 nitrogen and oxygen atoms in total. The van der Waals surface area contributed by atoms with Gasteiger partial charge in [0.1, 0.15) is 6.26 Å². The van der Waals surface area contributed by atoms with Crippen LogP contribution in [0.1, 0.15) is 6.42 Å². The number of hydrogen-bond acceptors (Lipinski definition) is 5. The molecule has 6 heteroatoms. The van der Waals surface area contributed by atoms with Gasteiger partial charge < -0.3 is 20.3 Å². The van der Waals surface area contributed by atoms with E-state index in [1.165, 1.54) is 6.26 Å². The summed E-state index contributed by atoms with van der Waals surface area (Å²) in [6, 6.07) is 0.952. The molecule has 0 aliphatic carbocycles. The Kier molecular flexibility index (Phi) is 4.09. The first-order valence-corrected chi connectivity index (χ1v) is 4.20. The number of amides is 1. The molecule has 14 heavy (non-hydrogen) atoms. The normalized spacial score (nSPS) is 12.4. The van der Waals surface area contributed by atoms with Crippen LogP contribution in [0.4, 0.5) is 5.82 Å². The van der Waals surface area contributed by atoms with E-state index in [4.69, 9.17) is 10.5 Å². The summed E-state index contributed by atoms with van der Waals surface area (Å²) >= 11 is 0. The van der Waals surface area contributed by atoms with Gasteiger partial charge in [-0.05, 0) is 6.42 Å². The van der Waals surface area contributed by atoms with Gasteiger partial charge in [-0.3, -0.25) is 4.79 Å². The molecule has 1 amide bonds. The quantitative estimate of drug-likeness (QED) is 0.695. The second-order valence-corrected chi connectivity index (χ2v) is 2.76. The van der Waals surface area contributed by atoms with Crippen LogP contribution in [0.3, 0.4) is 0 Å². The van der Waals surface area contributed by atoms with Gasteiger partial charge in [-0.2, -0.15) is 0 Å². The average Bonchev–Trinajstić information content (AvgIpc) is 2.66. The maximum absolute atomic E-state index is 11.3. The second kappa shape index (κ2) is 5.36. The molecular formula is C8H13N3O3. The van der Waals surface area contributed by atoms with Gasteiger partial charge in [0.15, 0.2) is 5.82 Å². The third kappa shape index (κ3) is 3.15. The zero-order chi connectivity index (χ0) is 10.4. The third-order valence-corrected chi connectivity index (χ3v) is 1.66. The van der Waals surface area contributed by atoms with Crippen molar-refractivity contribution in [3.05, 3.63) is 12.3 Å². The number of nitrogens with zero attached hydrogens (tertiary/aromatic N) is 1. The Balaban J connectivity index is 2.34. The van der Waals surface area contributed by atoms with Crippen molar-refractivity contribution < 1.29 is 14.1 Å². The van der Waals surface area contributed by atoms with E-state index in [-0.39, 0.29) is 5.91 Å². The van der Waals surface area contributed by atoms with Gasteiger partial charge in [-0.1, -0.05) is 5.16 Å². The Labute approximate surface area is 81.4 Å². The number of ether oxygens (including phenoxy) is 1. The van der Waals surface area contributed by atoms with Gasteiger partial charge in [-0.15, -0.1) is 0 Å². The highest BCUT2D eigenvalue weighted by molar-refractivity contribution is 5.93. The monoisotopic (exact) mass is 199 g/mol. The van der Waals surface area contributed by atoms with Crippen LogP contribution in [0.15, 0.2) is 16.9 Å². The lowest BCUT2D eigenvalue weighted by molar-refractivity contribution is -0.117. The molecule has 0 aliphatic heterocycles. The molecule has 1 atom stereocenters. The van der Waals surface area contributed by atoms with Crippen molar-refractivity contribution in [2.45, 2.75) is 12.5 Å². The predicted molar refractivity (Wildman–Crippen MR) is 49.6 cm³/mol.